The van der Waals surface area contributed by atoms with E-state index in [2.05, 4.69) is 0 Å². The average molecular weight is 314 g/mol. The molecule has 1 aromatic rings. The van der Waals surface area contributed by atoms with Gasteiger partial charge in [0.25, 0.3) is 0 Å². The van der Waals surface area contributed by atoms with Gasteiger partial charge in [0.1, 0.15) is 23.2 Å². The van der Waals surface area contributed by atoms with E-state index in [1.54, 1.807) is 31.2 Å². The molecule has 0 spiro atoms. The van der Waals surface area contributed by atoms with E-state index >= 15 is 0 Å². The molecule has 0 aliphatic carbocycles. The number of nitriles is 1. The van der Waals surface area contributed by atoms with E-state index in [1.165, 1.54) is 7.11 Å². The van der Waals surface area contributed by atoms with Crippen molar-refractivity contribution in [2.45, 2.75) is 19.8 Å². The Morgan fingerprint density at radius 1 is 1.39 bits per heavy atom. The first-order valence-corrected chi connectivity index (χ1v) is 7.12. The molecule has 0 amide bonds. The molecule has 0 radical (unpaired) electrons. The molecule has 1 atom stereocenters. The molecule has 1 aliphatic heterocycles. The van der Waals surface area contributed by atoms with Gasteiger partial charge in [0, 0.05) is 0 Å². The molecule has 23 heavy (non-hydrogen) atoms. The van der Waals surface area contributed by atoms with E-state index in [0.29, 0.717) is 18.1 Å². The molecule has 1 unspecified atom stereocenters. The Morgan fingerprint density at radius 2 is 2.04 bits per heavy atom. The minimum Gasteiger partial charge on any atom is -0.494 e. The average Bonchev–Trinajstić information content (AvgIpc) is 2.54. The second kappa shape index (κ2) is 6.88. The summed E-state index contributed by atoms with van der Waals surface area (Å²) in [5, 5.41) is 9.42. The number of nitrogens with zero attached hydrogens (tertiary/aromatic N) is 1. The third-order valence-corrected chi connectivity index (χ3v) is 3.54. The van der Waals surface area contributed by atoms with Crippen LogP contribution < -0.4 is 10.5 Å². The van der Waals surface area contributed by atoms with Gasteiger partial charge in [-0.15, -0.1) is 0 Å². The van der Waals surface area contributed by atoms with E-state index < -0.39 is 11.9 Å². The van der Waals surface area contributed by atoms with Crippen molar-refractivity contribution in [3.8, 4) is 11.8 Å². The molecule has 1 aliphatic rings. The Morgan fingerprint density at radius 3 is 2.57 bits per heavy atom. The smallest absolute Gasteiger partial charge is 0.338 e. The lowest BCUT2D eigenvalue weighted by molar-refractivity contribution is -0.136. The standard InChI is InChI=1S/C17H18N2O4/c1-4-22-12-7-5-11(6-8-12)15-13(9-18)16(19)23-10(2)14(15)17(20)21-3/h5-8,15H,4,19H2,1-3H3. The zero-order valence-corrected chi connectivity index (χ0v) is 13.3. The predicted octanol–water partition coefficient (Wildman–Crippen LogP) is 2.34. The lowest BCUT2D eigenvalue weighted by Gasteiger charge is -2.26. The van der Waals surface area contributed by atoms with Gasteiger partial charge in [-0.1, -0.05) is 12.1 Å². The van der Waals surface area contributed by atoms with Crippen molar-refractivity contribution in [3.05, 3.63) is 52.6 Å². The number of hydrogen-bond donors (Lipinski definition) is 1. The van der Waals surface area contributed by atoms with Crippen LogP contribution in [0, 0.1) is 11.3 Å². The van der Waals surface area contributed by atoms with E-state index in [0.717, 1.165) is 5.56 Å². The van der Waals surface area contributed by atoms with Crippen LogP contribution in [0.15, 0.2) is 47.1 Å². The fourth-order valence-electron chi connectivity index (χ4n) is 2.51. The van der Waals surface area contributed by atoms with Crippen molar-refractivity contribution in [1.82, 2.24) is 0 Å². The Hall–Kier alpha value is -2.94. The van der Waals surface area contributed by atoms with Gasteiger partial charge in [0.15, 0.2) is 0 Å². The van der Waals surface area contributed by atoms with E-state index in [1.807, 2.05) is 13.0 Å². The molecule has 0 saturated carbocycles. The molecular formula is C17H18N2O4. The summed E-state index contributed by atoms with van der Waals surface area (Å²) in [5.74, 6) is -0.152. The highest BCUT2D eigenvalue weighted by molar-refractivity contribution is 5.92. The summed E-state index contributed by atoms with van der Waals surface area (Å²) < 4.78 is 15.6. The summed E-state index contributed by atoms with van der Waals surface area (Å²) in [6.07, 6.45) is 0. The van der Waals surface area contributed by atoms with Gasteiger partial charge in [-0.2, -0.15) is 5.26 Å². The maximum atomic E-state index is 12.1. The van der Waals surface area contributed by atoms with Crippen LogP contribution in [-0.2, 0) is 14.3 Å². The summed E-state index contributed by atoms with van der Waals surface area (Å²) in [6, 6.07) is 9.18. The Balaban J connectivity index is 2.54. The first-order chi connectivity index (χ1) is 11.0. The van der Waals surface area contributed by atoms with E-state index in [-0.39, 0.29) is 17.0 Å². The lowest BCUT2D eigenvalue weighted by Crippen LogP contribution is -2.25. The number of carbonyl (C=O) groups is 1. The number of allylic oxidation sites excluding steroid dienone is 2. The predicted molar refractivity (Wildman–Crippen MR) is 83.0 cm³/mol. The number of hydrogen-bond acceptors (Lipinski definition) is 6. The summed E-state index contributed by atoms with van der Waals surface area (Å²) in [6.45, 7) is 4.07. The summed E-state index contributed by atoms with van der Waals surface area (Å²) in [7, 11) is 1.28. The molecule has 0 saturated heterocycles. The van der Waals surface area contributed by atoms with Gasteiger partial charge >= 0.3 is 5.97 Å². The molecular weight excluding hydrogens is 296 g/mol. The van der Waals surface area contributed by atoms with Crippen molar-refractivity contribution in [3.63, 3.8) is 0 Å². The molecule has 0 fully saturated rings. The molecule has 6 heteroatoms. The van der Waals surface area contributed by atoms with Crippen molar-refractivity contribution >= 4 is 5.97 Å². The second-order valence-corrected chi connectivity index (χ2v) is 4.89. The molecule has 1 aromatic carbocycles. The monoisotopic (exact) mass is 314 g/mol. The molecule has 1 heterocycles. The maximum absolute atomic E-state index is 12.1. The molecule has 0 aromatic heterocycles. The molecule has 0 bridgehead atoms. The molecule has 120 valence electrons. The van der Waals surface area contributed by atoms with E-state index in [4.69, 9.17) is 19.9 Å². The molecule has 6 nitrogen and oxygen atoms in total. The van der Waals surface area contributed by atoms with Gasteiger partial charge in [-0.05, 0) is 31.5 Å². The Bertz CT molecular complexity index is 711. The summed E-state index contributed by atoms with van der Waals surface area (Å²) in [5.41, 5.74) is 6.99. The topological polar surface area (TPSA) is 94.6 Å². The van der Waals surface area contributed by atoms with Gasteiger partial charge in [-0.25, -0.2) is 4.79 Å². The van der Waals surface area contributed by atoms with Crippen LogP contribution in [0.5, 0.6) is 5.75 Å². The first kappa shape index (κ1) is 16.4. The number of methoxy groups -OCH3 is 1. The van der Waals surface area contributed by atoms with Gasteiger partial charge in [-0.3, -0.25) is 0 Å². The SMILES string of the molecule is CCOc1ccc(C2C(C#N)=C(N)OC(C)=C2C(=O)OC)cc1. The quantitative estimate of drug-likeness (QED) is 0.857. The van der Waals surface area contributed by atoms with Crippen molar-refractivity contribution < 1.29 is 19.0 Å². The van der Waals surface area contributed by atoms with Gasteiger partial charge in [0.05, 0.1) is 25.2 Å². The number of nitrogens with two attached hydrogens (primary N) is 1. The highest BCUT2D eigenvalue weighted by atomic mass is 16.5. The van der Waals surface area contributed by atoms with Crippen LogP contribution in [-0.4, -0.2) is 19.7 Å². The summed E-state index contributed by atoms with van der Waals surface area (Å²) >= 11 is 0. The van der Waals surface area contributed by atoms with Crippen LogP contribution in [0.3, 0.4) is 0 Å². The van der Waals surface area contributed by atoms with Crippen molar-refractivity contribution in [2.75, 3.05) is 13.7 Å². The van der Waals surface area contributed by atoms with E-state index in [9.17, 15) is 10.1 Å². The number of carbonyl (C=O) groups excluding carboxylic acids is 1. The first-order valence-electron chi connectivity index (χ1n) is 7.12. The largest absolute Gasteiger partial charge is 0.494 e. The highest BCUT2D eigenvalue weighted by Gasteiger charge is 2.35. The van der Waals surface area contributed by atoms with Crippen LogP contribution in [0.4, 0.5) is 0 Å². The second-order valence-electron chi connectivity index (χ2n) is 4.89. The fourth-order valence-corrected chi connectivity index (χ4v) is 2.51. The van der Waals surface area contributed by atoms with Crippen LogP contribution in [0.2, 0.25) is 0 Å². The minimum absolute atomic E-state index is 0.00321. The van der Waals surface area contributed by atoms with Crippen molar-refractivity contribution in [1.29, 1.82) is 5.26 Å². The fraction of sp³-hybridized carbons (Fsp3) is 0.294. The zero-order valence-electron chi connectivity index (χ0n) is 13.3. The van der Waals surface area contributed by atoms with Crippen LogP contribution in [0.25, 0.3) is 0 Å². The third kappa shape index (κ3) is 3.14. The third-order valence-electron chi connectivity index (χ3n) is 3.54. The number of rotatable bonds is 4. The van der Waals surface area contributed by atoms with Crippen LogP contribution >= 0.6 is 0 Å². The lowest BCUT2D eigenvalue weighted by atomic mass is 9.83. The number of benzene rings is 1. The van der Waals surface area contributed by atoms with Gasteiger partial charge in [0.2, 0.25) is 5.88 Å². The zero-order chi connectivity index (χ0) is 17.0. The number of ether oxygens (including phenoxy) is 3. The molecule has 2 rings (SSSR count). The normalized spacial score (nSPS) is 17.4. The summed E-state index contributed by atoms with van der Waals surface area (Å²) in [4.78, 5) is 12.1. The van der Waals surface area contributed by atoms with Gasteiger partial charge < -0.3 is 19.9 Å². The van der Waals surface area contributed by atoms with Crippen molar-refractivity contribution in [2.24, 2.45) is 5.73 Å². The maximum Gasteiger partial charge on any atom is 0.338 e. The Kier molecular flexibility index (Phi) is 4.91. The minimum atomic E-state index is -0.628. The highest BCUT2D eigenvalue weighted by Crippen LogP contribution is 2.39. The number of esters is 1. The Labute approximate surface area is 134 Å². The van der Waals surface area contributed by atoms with Crippen LogP contribution in [0.1, 0.15) is 25.3 Å². The molecule has 2 N–H and O–H groups in total.